The van der Waals surface area contributed by atoms with E-state index in [1.807, 2.05) is 37.3 Å². The van der Waals surface area contributed by atoms with Crippen LogP contribution in [0.3, 0.4) is 0 Å². The lowest BCUT2D eigenvalue weighted by molar-refractivity contribution is 0.0572. The topological polar surface area (TPSA) is 63.0 Å². The third kappa shape index (κ3) is 2.51. The summed E-state index contributed by atoms with van der Waals surface area (Å²) in [7, 11) is 0. The highest BCUT2D eigenvalue weighted by Gasteiger charge is 2.19. The highest BCUT2D eigenvalue weighted by molar-refractivity contribution is 6.17. The Kier molecular flexibility index (Phi) is 3.98. The first-order chi connectivity index (χ1) is 9.19. The van der Waals surface area contributed by atoms with Gasteiger partial charge in [-0.2, -0.15) is 5.26 Å². The molecule has 96 valence electrons. The molecule has 4 nitrogen and oxygen atoms in total. The minimum atomic E-state index is -0.545. The van der Waals surface area contributed by atoms with Crippen LogP contribution in [0.4, 0.5) is 0 Å². The largest absolute Gasteiger partial charge is 0.446 e. The van der Waals surface area contributed by atoms with Gasteiger partial charge in [-0.3, -0.25) is 4.98 Å². The van der Waals surface area contributed by atoms with Crippen molar-refractivity contribution in [3.63, 3.8) is 0 Å². The number of aromatic nitrogens is 1. The van der Waals surface area contributed by atoms with Crippen LogP contribution in [-0.4, -0.2) is 17.0 Å². The van der Waals surface area contributed by atoms with Crippen molar-refractivity contribution in [1.29, 1.82) is 5.26 Å². The van der Waals surface area contributed by atoms with Crippen molar-refractivity contribution in [3.8, 4) is 6.07 Å². The summed E-state index contributed by atoms with van der Waals surface area (Å²) in [6.07, 6.45) is 0.0540. The molecule has 0 saturated heterocycles. The van der Waals surface area contributed by atoms with Crippen molar-refractivity contribution in [2.24, 2.45) is 0 Å². The number of rotatable bonds is 3. The summed E-state index contributed by atoms with van der Waals surface area (Å²) < 4.78 is 4.82. The van der Waals surface area contributed by atoms with Crippen molar-refractivity contribution >= 4 is 28.5 Å². The number of hydrogen-bond acceptors (Lipinski definition) is 4. The Morgan fingerprint density at radius 2 is 2.21 bits per heavy atom. The molecule has 0 amide bonds. The Morgan fingerprint density at radius 1 is 1.47 bits per heavy atom. The van der Waals surface area contributed by atoms with Crippen molar-refractivity contribution in [2.45, 2.75) is 13.3 Å². The van der Waals surface area contributed by atoms with Crippen LogP contribution in [0.5, 0.6) is 0 Å². The van der Waals surface area contributed by atoms with Gasteiger partial charge in [-0.1, -0.05) is 29.8 Å². The maximum Gasteiger partial charge on any atom is 0.341 e. The number of esters is 1. The van der Waals surface area contributed by atoms with E-state index in [-0.39, 0.29) is 12.5 Å². The molecule has 2 aromatic rings. The number of ether oxygens (including phenoxy) is 1. The van der Waals surface area contributed by atoms with Gasteiger partial charge in [0, 0.05) is 5.39 Å². The third-order valence-corrected chi connectivity index (χ3v) is 2.97. The van der Waals surface area contributed by atoms with E-state index in [1.165, 1.54) is 0 Å². The second kappa shape index (κ2) is 5.68. The van der Waals surface area contributed by atoms with Crippen LogP contribution < -0.4 is 0 Å². The quantitative estimate of drug-likeness (QED) is 0.638. The van der Waals surface area contributed by atoms with E-state index in [9.17, 15) is 4.79 Å². The Balaban J connectivity index is 2.71. The minimum absolute atomic E-state index is 0.0540. The summed E-state index contributed by atoms with van der Waals surface area (Å²) in [5, 5.41) is 9.72. The Hall–Kier alpha value is -2.12. The zero-order valence-electron chi connectivity index (χ0n) is 10.3. The van der Waals surface area contributed by atoms with Crippen molar-refractivity contribution in [1.82, 2.24) is 4.98 Å². The number of aryl methyl sites for hydroxylation is 1. The van der Waals surface area contributed by atoms with Crippen LogP contribution in [0, 0.1) is 18.3 Å². The summed E-state index contributed by atoms with van der Waals surface area (Å²) >= 11 is 5.42. The van der Waals surface area contributed by atoms with Crippen LogP contribution in [0.25, 0.3) is 10.9 Å². The van der Waals surface area contributed by atoms with E-state index in [1.54, 1.807) is 0 Å². The molecular formula is C14H11ClN2O2. The molecule has 0 fully saturated rings. The summed E-state index contributed by atoms with van der Waals surface area (Å²) in [6.45, 7) is 1.82. The molecule has 0 aliphatic carbocycles. The van der Waals surface area contributed by atoms with Crippen LogP contribution in [0.2, 0.25) is 0 Å². The molecule has 0 spiro atoms. The number of benzene rings is 1. The summed E-state index contributed by atoms with van der Waals surface area (Å²) in [6, 6.07) is 9.25. The Labute approximate surface area is 115 Å². The first-order valence-electron chi connectivity index (χ1n) is 5.67. The molecule has 0 saturated carbocycles. The lowest BCUT2D eigenvalue weighted by Gasteiger charge is -2.11. The molecule has 1 heterocycles. The van der Waals surface area contributed by atoms with Crippen LogP contribution in [0.1, 0.15) is 21.6 Å². The van der Waals surface area contributed by atoms with E-state index in [4.69, 9.17) is 21.6 Å². The molecule has 0 atom stereocenters. The fourth-order valence-corrected chi connectivity index (χ4v) is 2.14. The maximum atomic E-state index is 11.9. The lowest BCUT2D eigenvalue weighted by Crippen LogP contribution is -2.12. The second-order valence-corrected chi connectivity index (χ2v) is 4.17. The minimum Gasteiger partial charge on any atom is -0.446 e. The first-order valence-corrected chi connectivity index (χ1v) is 6.20. The van der Waals surface area contributed by atoms with E-state index >= 15 is 0 Å². The van der Waals surface area contributed by atoms with Gasteiger partial charge in [0.15, 0.2) is 6.07 Å². The molecule has 0 N–H and O–H groups in total. The fourth-order valence-electron chi connectivity index (χ4n) is 2.04. The van der Waals surface area contributed by atoms with Gasteiger partial charge in [0.25, 0.3) is 0 Å². The number of halogens is 1. The number of nitriles is 1. The molecule has 1 aromatic heterocycles. The molecule has 5 heteroatoms. The van der Waals surface area contributed by atoms with Crippen LogP contribution in [0.15, 0.2) is 24.3 Å². The second-order valence-electron chi connectivity index (χ2n) is 3.95. The van der Waals surface area contributed by atoms with Crippen LogP contribution in [-0.2, 0) is 11.2 Å². The fraction of sp³-hybridized carbons (Fsp3) is 0.214. The first kappa shape index (κ1) is 13.3. The van der Waals surface area contributed by atoms with Crippen molar-refractivity contribution < 1.29 is 9.53 Å². The standard InChI is InChI=1S/C14H11ClN2O2/c1-9-10-4-2-3-5-11(10)17-12(6-7-16)13(9)14(18)19-8-15/h2-5H,6,8H2,1H3. The number of carbonyl (C=O) groups excluding carboxylic acids is 1. The van der Waals surface area contributed by atoms with Crippen molar-refractivity contribution in [3.05, 3.63) is 41.1 Å². The monoisotopic (exact) mass is 274 g/mol. The Bertz CT molecular complexity index is 677. The number of carbonyl (C=O) groups is 1. The summed E-state index contributed by atoms with van der Waals surface area (Å²) in [5.41, 5.74) is 2.27. The molecule has 1 aromatic carbocycles. The summed E-state index contributed by atoms with van der Waals surface area (Å²) in [4.78, 5) is 16.3. The maximum absolute atomic E-state index is 11.9. The predicted octanol–water partition coefficient (Wildman–Crippen LogP) is 2.96. The van der Waals surface area contributed by atoms with Gasteiger partial charge in [0.05, 0.1) is 29.3 Å². The smallest absolute Gasteiger partial charge is 0.341 e. The Morgan fingerprint density at radius 3 is 2.89 bits per heavy atom. The van der Waals surface area contributed by atoms with Gasteiger partial charge in [-0.25, -0.2) is 4.79 Å². The summed E-state index contributed by atoms with van der Waals surface area (Å²) in [5.74, 6) is -0.545. The van der Waals surface area contributed by atoms with Gasteiger partial charge in [-0.05, 0) is 18.6 Å². The number of hydrogen-bond donors (Lipinski definition) is 0. The molecule has 0 aliphatic heterocycles. The number of para-hydroxylation sites is 1. The lowest BCUT2D eigenvalue weighted by atomic mass is 10.0. The highest BCUT2D eigenvalue weighted by atomic mass is 35.5. The van der Waals surface area contributed by atoms with E-state index in [0.29, 0.717) is 11.3 Å². The molecule has 2 rings (SSSR count). The molecule has 0 radical (unpaired) electrons. The van der Waals surface area contributed by atoms with Gasteiger partial charge >= 0.3 is 5.97 Å². The number of alkyl halides is 1. The van der Waals surface area contributed by atoms with E-state index < -0.39 is 5.97 Å². The molecule has 19 heavy (non-hydrogen) atoms. The molecule has 0 unspecified atom stereocenters. The SMILES string of the molecule is Cc1c(C(=O)OCCl)c(CC#N)nc2ccccc12. The number of fused-ring (bicyclic) bond motifs is 1. The molecular weight excluding hydrogens is 264 g/mol. The zero-order valence-corrected chi connectivity index (χ0v) is 11.1. The number of nitrogens with zero attached hydrogens (tertiary/aromatic N) is 2. The highest BCUT2D eigenvalue weighted by Crippen LogP contribution is 2.24. The average Bonchev–Trinajstić information content (AvgIpc) is 2.39. The predicted molar refractivity (Wildman–Crippen MR) is 71.9 cm³/mol. The van der Waals surface area contributed by atoms with Gasteiger partial charge < -0.3 is 4.74 Å². The van der Waals surface area contributed by atoms with Crippen LogP contribution >= 0.6 is 11.6 Å². The van der Waals surface area contributed by atoms with Crippen molar-refractivity contribution in [2.75, 3.05) is 6.07 Å². The van der Waals surface area contributed by atoms with Gasteiger partial charge in [0.1, 0.15) is 0 Å². The van der Waals surface area contributed by atoms with E-state index in [0.717, 1.165) is 16.5 Å². The molecule has 0 bridgehead atoms. The van der Waals surface area contributed by atoms with Gasteiger partial charge in [0.2, 0.25) is 0 Å². The zero-order chi connectivity index (χ0) is 13.8. The van der Waals surface area contributed by atoms with E-state index in [2.05, 4.69) is 4.98 Å². The van der Waals surface area contributed by atoms with Gasteiger partial charge in [-0.15, -0.1) is 0 Å². The third-order valence-electron chi connectivity index (χ3n) is 2.86. The molecule has 0 aliphatic rings. The average molecular weight is 275 g/mol. The number of pyridine rings is 1. The normalized spacial score (nSPS) is 10.2.